The van der Waals surface area contributed by atoms with Crippen LogP contribution < -0.4 is 0 Å². The molecule has 3 fully saturated rings. The van der Waals surface area contributed by atoms with Crippen LogP contribution in [0.15, 0.2) is 0 Å². The van der Waals surface area contributed by atoms with Crippen molar-refractivity contribution in [3.63, 3.8) is 0 Å². The Labute approximate surface area is 134 Å². The zero-order valence-corrected chi connectivity index (χ0v) is 12.7. The lowest BCUT2D eigenvalue weighted by molar-refractivity contribution is -0.195. The van der Waals surface area contributed by atoms with E-state index >= 15 is 0 Å². The summed E-state index contributed by atoms with van der Waals surface area (Å²) in [5, 5.41) is 0. The van der Waals surface area contributed by atoms with Crippen molar-refractivity contribution >= 4 is 19.0 Å². The molecule has 0 unspecified atom stereocenters. The van der Waals surface area contributed by atoms with Crippen molar-refractivity contribution in [1.82, 2.24) is 9.62 Å². The van der Waals surface area contributed by atoms with Crippen LogP contribution in [0.3, 0.4) is 0 Å². The summed E-state index contributed by atoms with van der Waals surface area (Å²) in [7, 11) is -1.99. The van der Waals surface area contributed by atoms with E-state index in [4.69, 9.17) is 4.65 Å². The number of hydrogen-bond acceptors (Lipinski definition) is 3. The Bertz CT molecular complexity index is 488. The molecule has 0 aromatic heterocycles. The molecule has 0 aromatic rings. The number of halogens is 6. The lowest BCUT2D eigenvalue weighted by atomic mass is 9.69. The molecule has 0 saturated carbocycles. The van der Waals surface area contributed by atoms with E-state index in [0.717, 1.165) is 0 Å². The van der Waals surface area contributed by atoms with Gasteiger partial charge in [-0.1, -0.05) is 19.8 Å². The highest BCUT2D eigenvalue weighted by atomic mass is 19.4. The van der Waals surface area contributed by atoms with E-state index in [1.807, 2.05) is 6.92 Å². The summed E-state index contributed by atoms with van der Waals surface area (Å²) in [5.74, 6) is -4.62. The zero-order chi connectivity index (χ0) is 18.3. The van der Waals surface area contributed by atoms with Crippen LogP contribution in [0.1, 0.15) is 26.2 Å². The normalized spacial score (nSPS) is 20.5. The van der Waals surface area contributed by atoms with Crippen molar-refractivity contribution in [3.8, 4) is 0 Å². The summed E-state index contributed by atoms with van der Waals surface area (Å²) in [6, 6.07) is 0. The molecule has 0 N–H and O–H groups in total. The smallest absolute Gasteiger partial charge is 0.397 e. The molecule has 3 heterocycles. The standard InChI is InChI=1S/C12H15BF6N2O3/c1-2-3-4-10-5-20(8(22)11(14,15)16)13(24-7-10)21(6-10)9(23)12(17,18)19/h2-7H2,1H3. The first-order chi connectivity index (χ1) is 10.9. The fourth-order valence-electron chi connectivity index (χ4n) is 3.07. The van der Waals surface area contributed by atoms with Gasteiger partial charge in [-0.2, -0.15) is 26.3 Å². The van der Waals surface area contributed by atoms with E-state index in [0.29, 0.717) is 12.8 Å². The highest BCUT2D eigenvalue weighted by Gasteiger charge is 2.62. The molecule has 136 valence electrons. The Morgan fingerprint density at radius 2 is 1.50 bits per heavy atom. The van der Waals surface area contributed by atoms with Gasteiger partial charge in [-0.05, 0) is 6.42 Å². The van der Waals surface area contributed by atoms with Crippen LogP contribution >= 0.6 is 0 Å². The minimum atomic E-state index is -5.26. The van der Waals surface area contributed by atoms with Gasteiger partial charge in [0.2, 0.25) is 0 Å². The van der Waals surface area contributed by atoms with Crippen LogP contribution in [0.25, 0.3) is 0 Å². The second-order valence-electron chi connectivity index (χ2n) is 6.10. The number of hydrogen-bond donors (Lipinski definition) is 0. The maximum atomic E-state index is 12.7. The maximum absolute atomic E-state index is 12.7. The molecule has 3 saturated heterocycles. The Balaban J connectivity index is 2.35. The molecular weight excluding hydrogens is 345 g/mol. The molecule has 0 aromatic carbocycles. The molecule has 0 spiro atoms. The third-order valence-electron chi connectivity index (χ3n) is 4.15. The monoisotopic (exact) mass is 360 g/mol. The largest absolute Gasteiger partial charge is 0.553 e. The molecule has 0 radical (unpaired) electrons. The van der Waals surface area contributed by atoms with Crippen LogP contribution in [0, 0.1) is 5.41 Å². The fraction of sp³-hybridized carbons (Fsp3) is 0.833. The van der Waals surface area contributed by atoms with Gasteiger partial charge in [-0.3, -0.25) is 9.59 Å². The first kappa shape index (κ1) is 18.9. The van der Waals surface area contributed by atoms with E-state index < -0.39 is 49.9 Å². The number of nitrogens with zero attached hydrogens (tertiary/aromatic N) is 2. The molecule has 3 aliphatic heterocycles. The third kappa shape index (κ3) is 3.47. The predicted molar refractivity (Wildman–Crippen MR) is 69.2 cm³/mol. The third-order valence-corrected chi connectivity index (χ3v) is 4.15. The van der Waals surface area contributed by atoms with E-state index in [1.165, 1.54) is 0 Å². The summed E-state index contributed by atoms with van der Waals surface area (Å²) < 4.78 is 81.4. The summed E-state index contributed by atoms with van der Waals surface area (Å²) in [6.07, 6.45) is -9.10. The fourth-order valence-corrected chi connectivity index (χ4v) is 3.07. The van der Waals surface area contributed by atoms with E-state index in [1.54, 1.807) is 0 Å². The molecular formula is C12H15BF6N2O3. The van der Waals surface area contributed by atoms with Crippen LogP contribution in [0.2, 0.25) is 0 Å². The van der Waals surface area contributed by atoms with Crippen molar-refractivity contribution in [2.45, 2.75) is 38.5 Å². The molecule has 5 nitrogen and oxygen atoms in total. The van der Waals surface area contributed by atoms with Crippen LogP contribution in [0.5, 0.6) is 0 Å². The van der Waals surface area contributed by atoms with Crippen molar-refractivity contribution in [1.29, 1.82) is 0 Å². The van der Waals surface area contributed by atoms with Crippen LogP contribution in [0.4, 0.5) is 26.3 Å². The van der Waals surface area contributed by atoms with Gasteiger partial charge in [-0.15, -0.1) is 0 Å². The highest BCUT2D eigenvalue weighted by Crippen LogP contribution is 2.41. The van der Waals surface area contributed by atoms with E-state index in [2.05, 4.69) is 0 Å². The van der Waals surface area contributed by atoms with Gasteiger partial charge in [0, 0.05) is 25.1 Å². The average Bonchev–Trinajstić information content (AvgIpc) is 2.50. The Hall–Kier alpha value is -1.46. The quantitative estimate of drug-likeness (QED) is 0.571. The van der Waals surface area contributed by atoms with Crippen LogP contribution in [-0.2, 0) is 14.2 Å². The number of fused-ring (bicyclic) bond motifs is 3. The second kappa shape index (κ2) is 6.12. The van der Waals surface area contributed by atoms with Crippen molar-refractivity contribution in [2.75, 3.05) is 19.7 Å². The molecule has 12 heteroatoms. The van der Waals surface area contributed by atoms with Gasteiger partial charge < -0.3 is 14.3 Å². The van der Waals surface area contributed by atoms with Gasteiger partial charge in [0.15, 0.2) is 0 Å². The summed E-state index contributed by atoms with van der Waals surface area (Å²) in [4.78, 5) is 23.4. The Morgan fingerprint density at radius 3 is 1.88 bits per heavy atom. The summed E-state index contributed by atoms with van der Waals surface area (Å²) in [6.45, 7) is 0.930. The van der Waals surface area contributed by atoms with Crippen LogP contribution in [-0.4, -0.2) is 60.7 Å². The predicted octanol–water partition coefficient (Wildman–Crippen LogP) is 1.97. The molecule has 0 aliphatic carbocycles. The number of alkyl halides is 6. The van der Waals surface area contributed by atoms with E-state index in [9.17, 15) is 35.9 Å². The van der Waals surface area contributed by atoms with Crippen molar-refractivity contribution < 1.29 is 40.6 Å². The topological polar surface area (TPSA) is 49.9 Å². The van der Waals surface area contributed by atoms with Crippen molar-refractivity contribution in [3.05, 3.63) is 0 Å². The molecule has 3 aliphatic rings. The molecule has 24 heavy (non-hydrogen) atoms. The first-order valence-corrected chi connectivity index (χ1v) is 7.28. The minimum Gasteiger partial charge on any atom is -0.397 e. The molecule has 0 atom stereocenters. The van der Waals surface area contributed by atoms with Gasteiger partial charge >= 0.3 is 31.4 Å². The average molecular weight is 360 g/mol. The molecule has 3 rings (SSSR count). The van der Waals surface area contributed by atoms with Crippen molar-refractivity contribution in [2.24, 2.45) is 5.41 Å². The number of unbranched alkanes of at least 4 members (excludes halogenated alkanes) is 1. The van der Waals surface area contributed by atoms with Gasteiger partial charge in [0.25, 0.3) is 0 Å². The summed E-state index contributed by atoms with van der Waals surface area (Å²) >= 11 is 0. The lowest BCUT2D eigenvalue weighted by Gasteiger charge is -2.55. The zero-order valence-electron chi connectivity index (χ0n) is 12.7. The Morgan fingerprint density at radius 1 is 1.04 bits per heavy atom. The lowest BCUT2D eigenvalue weighted by Crippen LogP contribution is -2.76. The Kier molecular flexibility index (Phi) is 4.81. The number of carbonyl (C=O) groups is 2. The number of rotatable bonds is 3. The van der Waals surface area contributed by atoms with Gasteiger partial charge in [0.1, 0.15) is 0 Å². The van der Waals surface area contributed by atoms with Gasteiger partial charge in [-0.25, -0.2) is 0 Å². The molecule has 2 bridgehead atoms. The summed E-state index contributed by atoms with van der Waals surface area (Å²) in [5.41, 5.74) is -1.13. The van der Waals surface area contributed by atoms with Gasteiger partial charge in [0.05, 0.1) is 0 Å². The second-order valence-corrected chi connectivity index (χ2v) is 6.10. The minimum absolute atomic E-state index is 0.0963. The van der Waals surface area contributed by atoms with E-state index in [-0.39, 0.29) is 22.6 Å². The molecule has 2 amide bonds. The SMILES string of the molecule is CCCCC12COB(N(C(=O)C(F)(F)F)C1)N(C(=O)C(F)(F)F)C2. The number of amides is 2. The highest BCUT2D eigenvalue weighted by molar-refractivity contribution is 6.53. The number of carbonyl (C=O) groups excluding carboxylic acids is 2. The first-order valence-electron chi connectivity index (χ1n) is 7.28. The maximum Gasteiger partial charge on any atom is 0.553 e.